The fourth-order valence-corrected chi connectivity index (χ4v) is 2.54. The van der Waals surface area contributed by atoms with Crippen molar-refractivity contribution in [2.45, 2.75) is 89.9 Å². The minimum Gasteiger partial charge on any atom is -0.396 e. The Morgan fingerprint density at radius 3 is 1.41 bits per heavy atom. The van der Waals surface area contributed by atoms with Crippen molar-refractivity contribution in [2.75, 3.05) is 6.61 Å². The molecule has 102 valence electrons. The molecule has 0 bridgehead atoms. The van der Waals surface area contributed by atoms with Crippen molar-refractivity contribution in [3.63, 3.8) is 0 Å². The molecule has 17 heavy (non-hydrogen) atoms. The zero-order valence-electron chi connectivity index (χ0n) is 11.6. The van der Waals surface area contributed by atoms with Crippen LogP contribution in [0, 0.1) is 5.92 Å². The summed E-state index contributed by atoms with van der Waals surface area (Å²) in [6.45, 7) is 0.376. The van der Waals surface area contributed by atoms with Gasteiger partial charge in [0.05, 0.1) is 0 Å². The Hall–Kier alpha value is -0.0400. The molecule has 1 N–H and O–H groups in total. The van der Waals surface area contributed by atoms with Crippen molar-refractivity contribution in [1.29, 1.82) is 0 Å². The van der Waals surface area contributed by atoms with Crippen LogP contribution >= 0.6 is 0 Å². The molecule has 0 aromatic rings. The quantitative estimate of drug-likeness (QED) is 0.446. The third-order valence-electron chi connectivity index (χ3n) is 3.97. The first-order valence-corrected chi connectivity index (χ1v) is 8.04. The van der Waals surface area contributed by atoms with Crippen LogP contribution in [0.15, 0.2) is 0 Å². The highest BCUT2D eigenvalue weighted by atomic mass is 16.2. The van der Waals surface area contributed by atoms with Crippen molar-refractivity contribution in [3.8, 4) is 0 Å². The number of hydrogen-bond donors (Lipinski definition) is 1. The smallest absolute Gasteiger partial charge is 0.0431 e. The van der Waals surface area contributed by atoms with Crippen LogP contribution in [0.5, 0.6) is 0 Å². The molecule has 0 amide bonds. The molecular weight excluding hydrogens is 208 g/mol. The fourth-order valence-electron chi connectivity index (χ4n) is 2.54. The zero-order chi connectivity index (χ0) is 12.2. The first-order valence-electron chi connectivity index (χ1n) is 8.04. The van der Waals surface area contributed by atoms with Gasteiger partial charge in [0.2, 0.25) is 0 Å². The van der Waals surface area contributed by atoms with E-state index < -0.39 is 0 Å². The van der Waals surface area contributed by atoms with Crippen molar-refractivity contribution in [1.82, 2.24) is 0 Å². The Labute approximate surface area is 108 Å². The lowest BCUT2D eigenvalue weighted by Crippen LogP contribution is -1.85. The van der Waals surface area contributed by atoms with Gasteiger partial charge in [-0.25, -0.2) is 0 Å². The third kappa shape index (κ3) is 10.8. The summed E-state index contributed by atoms with van der Waals surface area (Å²) in [5.74, 6) is 1.13. The van der Waals surface area contributed by atoms with Gasteiger partial charge in [-0.15, -0.1) is 0 Å². The van der Waals surface area contributed by atoms with Gasteiger partial charge in [0, 0.05) is 6.61 Å². The summed E-state index contributed by atoms with van der Waals surface area (Å²) in [5.41, 5.74) is 0. The van der Waals surface area contributed by atoms with Crippen LogP contribution in [-0.4, -0.2) is 11.7 Å². The summed E-state index contributed by atoms with van der Waals surface area (Å²) in [4.78, 5) is 0. The Kier molecular flexibility index (Phi) is 9.78. The SMILES string of the molecule is OCCCCCCCCCCCCCC1CC1. The summed E-state index contributed by atoms with van der Waals surface area (Å²) >= 11 is 0. The number of aliphatic hydroxyl groups is 1. The van der Waals surface area contributed by atoms with Gasteiger partial charge in [0.15, 0.2) is 0 Å². The van der Waals surface area contributed by atoms with Crippen LogP contribution in [0.1, 0.15) is 89.9 Å². The van der Waals surface area contributed by atoms with E-state index in [2.05, 4.69) is 0 Å². The van der Waals surface area contributed by atoms with Crippen molar-refractivity contribution < 1.29 is 5.11 Å². The predicted octanol–water partition coefficient (Wildman–Crippen LogP) is 5.07. The number of hydrogen-bond acceptors (Lipinski definition) is 1. The van der Waals surface area contributed by atoms with Crippen molar-refractivity contribution in [3.05, 3.63) is 0 Å². The molecule has 0 aliphatic heterocycles. The maximum Gasteiger partial charge on any atom is 0.0431 e. The van der Waals surface area contributed by atoms with E-state index in [1.54, 1.807) is 0 Å². The second-order valence-electron chi connectivity index (χ2n) is 5.84. The van der Waals surface area contributed by atoms with E-state index in [0.29, 0.717) is 6.61 Å². The molecule has 0 heterocycles. The van der Waals surface area contributed by atoms with Crippen LogP contribution in [-0.2, 0) is 0 Å². The number of rotatable bonds is 13. The minimum absolute atomic E-state index is 0.376. The van der Waals surface area contributed by atoms with E-state index in [-0.39, 0.29) is 0 Å². The topological polar surface area (TPSA) is 20.2 Å². The molecule has 1 aliphatic carbocycles. The lowest BCUT2D eigenvalue weighted by Gasteiger charge is -2.02. The molecule has 1 fully saturated rings. The van der Waals surface area contributed by atoms with E-state index in [9.17, 15) is 0 Å². The summed E-state index contributed by atoms with van der Waals surface area (Å²) in [6, 6.07) is 0. The Morgan fingerprint density at radius 2 is 1.00 bits per heavy atom. The third-order valence-corrected chi connectivity index (χ3v) is 3.97. The number of aliphatic hydroxyl groups excluding tert-OH is 1. The van der Waals surface area contributed by atoms with E-state index in [1.165, 1.54) is 83.5 Å². The van der Waals surface area contributed by atoms with Crippen LogP contribution in [0.3, 0.4) is 0 Å². The Balaban J connectivity index is 1.61. The molecule has 1 aliphatic rings. The van der Waals surface area contributed by atoms with Crippen LogP contribution in [0.2, 0.25) is 0 Å². The molecule has 0 aromatic carbocycles. The molecule has 1 saturated carbocycles. The van der Waals surface area contributed by atoms with Gasteiger partial charge in [-0.3, -0.25) is 0 Å². The summed E-state index contributed by atoms with van der Waals surface area (Å²) in [5, 5.41) is 8.65. The van der Waals surface area contributed by atoms with E-state index in [1.807, 2.05) is 0 Å². The predicted molar refractivity (Wildman–Crippen MR) is 75.2 cm³/mol. The average molecular weight is 240 g/mol. The molecule has 0 spiro atoms. The summed E-state index contributed by atoms with van der Waals surface area (Å²) in [7, 11) is 0. The minimum atomic E-state index is 0.376. The molecule has 0 radical (unpaired) electrons. The Morgan fingerprint density at radius 1 is 0.588 bits per heavy atom. The molecule has 1 nitrogen and oxygen atoms in total. The average Bonchev–Trinajstić information content (AvgIpc) is 3.15. The van der Waals surface area contributed by atoms with Gasteiger partial charge >= 0.3 is 0 Å². The lowest BCUT2D eigenvalue weighted by molar-refractivity contribution is 0.282. The highest BCUT2D eigenvalue weighted by molar-refractivity contribution is 4.72. The van der Waals surface area contributed by atoms with Crippen LogP contribution in [0.4, 0.5) is 0 Å². The van der Waals surface area contributed by atoms with Gasteiger partial charge in [-0.2, -0.15) is 0 Å². The van der Waals surface area contributed by atoms with Gasteiger partial charge in [0.25, 0.3) is 0 Å². The highest BCUT2D eigenvalue weighted by Gasteiger charge is 2.19. The van der Waals surface area contributed by atoms with Gasteiger partial charge in [0.1, 0.15) is 0 Å². The van der Waals surface area contributed by atoms with Crippen LogP contribution < -0.4 is 0 Å². The molecule has 0 atom stereocenters. The van der Waals surface area contributed by atoms with Gasteiger partial charge in [-0.1, -0.05) is 83.5 Å². The normalized spacial score (nSPS) is 15.4. The van der Waals surface area contributed by atoms with E-state index in [0.717, 1.165) is 12.3 Å². The molecule has 0 saturated heterocycles. The second-order valence-corrected chi connectivity index (χ2v) is 5.84. The molecule has 1 heteroatoms. The zero-order valence-corrected chi connectivity index (χ0v) is 11.6. The van der Waals surface area contributed by atoms with Crippen LogP contribution in [0.25, 0.3) is 0 Å². The first kappa shape index (κ1) is 15.0. The number of unbranched alkanes of at least 4 members (excludes halogenated alkanes) is 10. The van der Waals surface area contributed by atoms with Crippen molar-refractivity contribution in [2.24, 2.45) is 5.92 Å². The molecule has 0 unspecified atom stereocenters. The van der Waals surface area contributed by atoms with Gasteiger partial charge < -0.3 is 5.11 Å². The second kappa shape index (κ2) is 11.1. The summed E-state index contributed by atoms with van der Waals surface area (Å²) < 4.78 is 0. The molecule has 1 rings (SSSR count). The highest BCUT2D eigenvalue weighted by Crippen LogP contribution is 2.34. The van der Waals surface area contributed by atoms with E-state index in [4.69, 9.17) is 5.11 Å². The molecular formula is C16H32O. The monoisotopic (exact) mass is 240 g/mol. The largest absolute Gasteiger partial charge is 0.396 e. The molecule has 0 aromatic heterocycles. The van der Waals surface area contributed by atoms with Gasteiger partial charge in [-0.05, 0) is 12.3 Å². The Bertz CT molecular complexity index is 152. The standard InChI is InChI=1S/C16H32O/c17-15-11-9-7-5-3-1-2-4-6-8-10-12-16-13-14-16/h16-17H,1-15H2. The van der Waals surface area contributed by atoms with E-state index >= 15 is 0 Å². The fraction of sp³-hybridized carbons (Fsp3) is 1.00. The maximum absolute atomic E-state index is 8.65. The maximum atomic E-state index is 8.65. The van der Waals surface area contributed by atoms with Crippen molar-refractivity contribution >= 4 is 0 Å². The first-order chi connectivity index (χ1) is 8.43. The lowest BCUT2D eigenvalue weighted by atomic mass is 10.0. The summed E-state index contributed by atoms with van der Waals surface area (Å²) in [6.07, 6.45) is 19.7.